The van der Waals surface area contributed by atoms with Crippen LogP contribution in [0.2, 0.25) is 0 Å². The van der Waals surface area contributed by atoms with Crippen LogP contribution in [-0.2, 0) is 6.54 Å². The lowest BCUT2D eigenvalue weighted by atomic mass is 10.3. The Hall–Kier alpha value is -2.30. The Labute approximate surface area is 102 Å². The van der Waals surface area contributed by atoms with Gasteiger partial charge in [0.05, 0.1) is 29.6 Å². The summed E-state index contributed by atoms with van der Waals surface area (Å²) in [4.78, 5) is 8.23. The van der Waals surface area contributed by atoms with E-state index in [0.717, 1.165) is 17.8 Å². The van der Waals surface area contributed by atoms with Crippen LogP contribution in [0.5, 0.6) is 0 Å². The second-order valence-electron chi connectivity index (χ2n) is 3.95. The summed E-state index contributed by atoms with van der Waals surface area (Å²) in [6, 6.07) is 7.82. The highest BCUT2D eigenvalue weighted by molar-refractivity contribution is 5.75. The fraction of sp³-hybridized carbons (Fsp3) is 0.0769. The van der Waals surface area contributed by atoms with Gasteiger partial charge in [0.1, 0.15) is 0 Å². The molecule has 0 aliphatic rings. The summed E-state index contributed by atoms with van der Waals surface area (Å²) in [5.74, 6) is -1.75. The van der Waals surface area contributed by atoms with E-state index in [-0.39, 0.29) is 0 Å². The maximum absolute atomic E-state index is 13.2. The smallest absolute Gasteiger partial charge is 0.161 e. The predicted octanol–water partition coefficient (Wildman–Crippen LogP) is 2.76. The third kappa shape index (κ3) is 1.84. The summed E-state index contributed by atoms with van der Waals surface area (Å²) in [6.07, 6.45) is 3.24. The molecule has 0 fully saturated rings. The van der Waals surface area contributed by atoms with Gasteiger partial charge in [-0.1, -0.05) is 6.07 Å². The van der Waals surface area contributed by atoms with Gasteiger partial charge in [0.2, 0.25) is 0 Å². The third-order valence-corrected chi connectivity index (χ3v) is 2.72. The molecular formula is C13H9F2N3. The van der Waals surface area contributed by atoms with Gasteiger partial charge in [-0.15, -0.1) is 0 Å². The first-order valence-electron chi connectivity index (χ1n) is 5.44. The Bertz CT molecular complexity index is 692. The van der Waals surface area contributed by atoms with Crippen LogP contribution < -0.4 is 0 Å². The van der Waals surface area contributed by atoms with Crippen LogP contribution in [0.3, 0.4) is 0 Å². The minimum atomic E-state index is -0.884. The van der Waals surface area contributed by atoms with E-state index in [4.69, 9.17) is 0 Å². The molecule has 2 aromatic heterocycles. The van der Waals surface area contributed by atoms with Crippen LogP contribution in [0.25, 0.3) is 11.0 Å². The number of rotatable bonds is 2. The number of halogens is 2. The third-order valence-electron chi connectivity index (χ3n) is 2.72. The van der Waals surface area contributed by atoms with Crippen molar-refractivity contribution in [1.82, 2.24) is 14.5 Å². The SMILES string of the molecule is Fc1cc2ncn(Cc3ccccn3)c2cc1F. The highest BCUT2D eigenvalue weighted by Crippen LogP contribution is 2.18. The molecule has 1 aromatic carbocycles. The number of aromatic nitrogens is 3. The zero-order valence-corrected chi connectivity index (χ0v) is 9.35. The molecule has 0 radical (unpaired) electrons. The molecule has 0 amide bonds. The Morgan fingerprint density at radius 3 is 2.67 bits per heavy atom. The molecule has 18 heavy (non-hydrogen) atoms. The van der Waals surface area contributed by atoms with Crippen LogP contribution >= 0.6 is 0 Å². The van der Waals surface area contributed by atoms with E-state index >= 15 is 0 Å². The molecule has 0 bridgehead atoms. The second-order valence-corrected chi connectivity index (χ2v) is 3.95. The van der Waals surface area contributed by atoms with E-state index in [1.165, 1.54) is 0 Å². The van der Waals surface area contributed by atoms with Gasteiger partial charge in [-0.25, -0.2) is 13.8 Å². The van der Waals surface area contributed by atoms with Crippen molar-refractivity contribution in [3.63, 3.8) is 0 Å². The molecular weight excluding hydrogens is 236 g/mol. The standard InChI is InChI=1S/C13H9F2N3/c14-10-5-12-13(6-11(10)15)18(8-17-12)7-9-3-1-2-4-16-9/h1-6,8H,7H2. The first-order chi connectivity index (χ1) is 8.74. The molecule has 0 saturated carbocycles. The Morgan fingerprint density at radius 2 is 1.89 bits per heavy atom. The van der Waals surface area contributed by atoms with Crippen molar-refractivity contribution in [2.75, 3.05) is 0 Å². The van der Waals surface area contributed by atoms with Crippen molar-refractivity contribution in [3.8, 4) is 0 Å². The van der Waals surface area contributed by atoms with Crippen molar-refractivity contribution in [1.29, 1.82) is 0 Å². The van der Waals surface area contributed by atoms with Crippen molar-refractivity contribution < 1.29 is 8.78 Å². The van der Waals surface area contributed by atoms with Gasteiger partial charge in [0.25, 0.3) is 0 Å². The zero-order chi connectivity index (χ0) is 12.5. The number of hydrogen-bond donors (Lipinski definition) is 0. The largest absolute Gasteiger partial charge is 0.324 e. The number of pyridine rings is 1. The van der Waals surface area contributed by atoms with Crippen LogP contribution in [0, 0.1) is 11.6 Å². The van der Waals surface area contributed by atoms with Crippen molar-refractivity contribution in [3.05, 3.63) is 60.2 Å². The molecule has 0 saturated heterocycles. The summed E-state index contributed by atoms with van der Waals surface area (Å²) in [6.45, 7) is 0.475. The number of benzene rings is 1. The normalized spacial score (nSPS) is 11.0. The molecule has 0 aliphatic carbocycles. The van der Waals surface area contributed by atoms with Gasteiger partial charge >= 0.3 is 0 Å². The van der Waals surface area contributed by atoms with E-state index in [9.17, 15) is 8.78 Å². The highest BCUT2D eigenvalue weighted by Gasteiger charge is 2.09. The van der Waals surface area contributed by atoms with Crippen LogP contribution in [0.1, 0.15) is 5.69 Å². The van der Waals surface area contributed by atoms with Gasteiger partial charge in [-0.05, 0) is 12.1 Å². The zero-order valence-electron chi connectivity index (χ0n) is 9.35. The van der Waals surface area contributed by atoms with Crippen LogP contribution in [-0.4, -0.2) is 14.5 Å². The molecule has 2 heterocycles. The first kappa shape index (κ1) is 10.8. The van der Waals surface area contributed by atoms with Gasteiger partial charge in [0.15, 0.2) is 11.6 Å². The summed E-state index contributed by atoms with van der Waals surface area (Å²) in [5.41, 5.74) is 1.82. The number of hydrogen-bond acceptors (Lipinski definition) is 2. The van der Waals surface area contributed by atoms with Crippen molar-refractivity contribution in [2.24, 2.45) is 0 Å². The topological polar surface area (TPSA) is 30.7 Å². The lowest BCUT2D eigenvalue weighted by Gasteiger charge is -2.03. The van der Waals surface area contributed by atoms with E-state index in [1.54, 1.807) is 17.1 Å². The Morgan fingerprint density at radius 1 is 1.06 bits per heavy atom. The molecule has 0 atom stereocenters. The fourth-order valence-electron chi connectivity index (χ4n) is 1.85. The molecule has 0 aliphatic heterocycles. The summed E-state index contributed by atoms with van der Waals surface area (Å²) >= 11 is 0. The van der Waals surface area contributed by atoms with Crippen LogP contribution in [0.15, 0.2) is 42.9 Å². The molecule has 0 unspecified atom stereocenters. The average molecular weight is 245 g/mol. The Balaban J connectivity index is 2.05. The number of fused-ring (bicyclic) bond motifs is 1. The fourth-order valence-corrected chi connectivity index (χ4v) is 1.85. The summed E-state index contributed by atoms with van der Waals surface area (Å²) in [5, 5.41) is 0. The molecule has 3 rings (SSSR count). The van der Waals surface area contributed by atoms with Crippen LogP contribution in [0.4, 0.5) is 8.78 Å². The van der Waals surface area contributed by atoms with Crippen molar-refractivity contribution >= 4 is 11.0 Å². The predicted molar refractivity (Wildman–Crippen MR) is 63.0 cm³/mol. The van der Waals surface area contributed by atoms with Gasteiger partial charge in [0, 0.05) is 18.3 Å². The highest BCUT2D eigenvalue weighted by atomic mass is 19.2. The lowest BCUT2D eigenvalue weighted by Crippen LogP contribution is -2.00. The number of nitrogens with zero attached hydrogens (tertiary/aromatic N) is 3. The van der Waals surface area contributed by atoms with E-state index in [1.807, 2.05) is 18.2 Å². The van der Waals surface area contributed by atoms with Gasteiger partial charge in [-0.2, -0.15) is 0 Å². The maximum atomic E-state index is 13.2. The molecule has 5 heteroatoms. The van der Waals surface area contributed by atoms with E-state index in [2.05, 4.69) is 9.97 Å². The number of imidazole rings is 1. The minimum Gasteiger partial charge on any atom is -0.324 e. The molecule has 90 valence electrons. The molecule has 0 N–H and O–H groups in total. The Kier molecular flexibility index (Phi) is 2.51. The van der Waals surface area contributed by atoms with Gasteiger partial charge in [-0.3, -0.25) is 4.98 Å². The molecule has 3 aromatic rings. The summed E-state index contributed by atoms with van der Waals surface area (Å²) in [7, 11) is 0. The first-order valence-corrected chi connectivity index (χ1v) is 5.44. The van der Waals surface area contributed by atoms with E-state index in [0.29, 0.717) is 17.6 Å². The monoisotopic (exact) mass is 245 g/mol. The average Bonchev–Trinajstić information content (AvgIpc) is 2.74. The summed E-state index contributed by atoms with van der Waals surface area (Å²) < 4.78 is 28.0. The second kappa shape index (κ2) is 4.18. The maximum Gasteiger partial charge on any atom is 0.161 e. The minimum absolute atomic E-state index is 0.435. The molecule has 3 nitrogen and oxygen atoms in total. The lowest BCUT2D eigenvalue weighted by molar-refractivity contribution is 0.510. The van der Waals surface area contributed by atoms with E-state index < -0.39 is 11.6 Å². The molecule has 0 spiro atoms. The van der Waals surface area contributed by atoms with Crippen molar-refractivity contribution in [2.45, 2.75) is 6.54 Å². The van der Waals surface area contributed by atoms with Gasteiger partial charge < -0.3 is 4.57 Å². The quantitative estimate of drug-likeness (QED) is 0.695.